The van der Waals surface area contributed by atoms with E-state index in [2.05, 4.69) is 15.6 Å². The number of furan rings is 1. The summed E-state index contributed by atoms with van der Waals surface area (Å²) in [5.41, 5.74) is 3.34. The molecular weight excluding hydrogens is 458 g/mol. The van der Waals surface area contributed by atoms with Gasteiger partial charge in [-0.2, -0.15) is 0 Å². The second-order valence-electron chi connectivity index (χ2n) is 8.48. The van der Waals surface area contributed by atoms with Gasteiger partial charge < -0.3 is 24.2 Å². The van der Waals surface area contributed by atoms with Crippen molar-refractivity contribution in [2.24, 2.45) is 0 Å². The van der Waals surface area contributed by atoms with Gasteiger partial charge in [0.2, 0.25) is 11.8 Å². The summed E-state index contributed by atoms with van der Waals surface area (Å²) in [6, 6.07) is 16.7. The molecule has 0 spiro atoms. The molecule has 2 aromatic heterocycles. The van der Waals surface area contributed by atoms with E-state index in [1.165, 1.54) is 0 Å². The number of carbonyl (C=O) groups excluding carboxylic acids is 2. The van der Waals surface area contributed by atoms with E-state index in [-0.39, 0.29) is 18.4 Å². The molecule has 2 heterocycles. The summed E-state index contributed by atoms with van der Waals surface area (Å²) in [4.78, 5) is 29.8. The van der Waals surface area contributed by atoms with Crippen LogP contribution in [0, 0.1) is 20.8 Å². The fraction of sp³-hybridized carbons (Fsp3) is 0.250. The molecule has 8 nitrogen and oxygen atoms in total. The average molecular weight is 488 g/mol. The van der Waals surface area contributed by atoms with Gasteiger partial charge in [-0.25, -0.2) is 4.98 Å². The number of nitrogens with zero attached hydrogens (tertiary/aromatic N) is 1. The fourth-order valence-electron chi connectivity index (χ4n) is 3.89. The zero-order chi connectivity index (χ0) is 25.7. The van der Waals surface area contributed by atoms with Crippen LogP contribution in [-0.4, -0.2) is 23.9 Å². The molecule has 8 heteroatoms. The number of methoxy groups -OCH3 is 1. The zero-order valence-electron chi connectivity index (χ0n) is 20.8. The predicted octanol–water partition coefficient (Wildman–Crippen LogP) is 5.37. The van der Waals surface area contributed by atoms with E-state index in [0.717, 1.165) is 11.3 Å². The number of anilines is 1. The monoisotopic (exact) mass is 487 g/mol. The summed E-state index contributed by atoms with van der Waals surface area (Å²) in [6.45, 7) is 5.59. The second-order valence-corrected chi connectivity index (χ2v) is 8.48. The van der Waals surface area contributed by atoms with E-state index >= 15 is 0 Å². The number of amides is 2. The van der Waals surface area contributed by atoms with Crippen LogP contribution in [0.5, 0.6) is 5.75 Å². The molecule has 186 valence electrons. The number of hydrogen-bond acceptors (Lipinski definition) is 6. The second kappa shape index (κ2) is 10.9. The number of nitrogens with one attached hydrogen (secondary N) is 2. The molecule has 0 atom stereocenters. The van der Waals surface area contributed by atoms with Gasteiger partial charge in [0, 0.05) is 6.42 Å². The van der Waals surface area contributed by atoms with Gasteiger partial charge in [0.05, 0.1) is 30.5 Å². The molecular formula is C28H29N3O5. The molecule has 4 aromatic rings. The van der Waals surface area contributed by atoms with E-state index in [1.54, 1.807) is 40.0 Å². The Labute approximate surface area is 209 Å². The third-order valence-electron chi connectivity index (χ3n) is 5.81. The minimum Gasteiger partial charge on any atom is -0.497 e. The van der Waals surface area contributed by atoms with Gasteiger partial charge in [-0.15, -0.1) is 0 Å². The largest absolute Gasteiger partial charge is 0.497 e. The van der Waals surface area contributed by atoms with Crippen LogP contribution in [0.4, 0.5) is 5.69 Å². The van der Waals surface area contributed by atoms with E-state index < -0.39 is 0 Å². The topological polar surface area (TPSA) is 107 Å². The zero-order valence-corrected chi connectivity index (χ0v) is 20.8. The molecule has 0 aliphatic carbocycles. The van der Waals surface area contributed by atoms with Crippen LogP contribution in [0.25, 0.3) is 11.5 Å². The first-order valence-electron chi connectivity index (χ1n) is 11.7. The lowest BCUT2D eigenvalue weighted by atomic mass is 10.1. The minimum atomic E-state index is -0.274. The first-order valence-corrected chi connectivity index (χ1v) is 11.7. The van der Waals surface area contributed by atoms with Gasteiger partial charge >= 0.3 is 0 Å². The lowest BCUT2D eigenvalue weighted by Gasteiger charge is -2.08. The van der Waals surface area contributed by atoms with E-state index in [0.29, 0.717) is 58.5 Å². The number of para-hydroxylation sites is 1. The van der Waals surface area contributed by atoms with Gasteiger partial charge in [-0.1, -0.05) is 24.3 Å². The maximum absolute atomic E-state index is 12.8. The SMILES string of the molecule is COc1cccc(CCC(=O)NCc2nc(-c3ccccc3NC(=O)c3cc(C)oc3C)oc2C)c1. The Morgan fingerprint density at radius 2 is 1.78 bits per heavy atom. The Morgan fingerprint density at radius 1 is 0.972 bits per heavy atom. The molecule has 0 aliphatic rings. The quantitative estimate of drug-likeness (QED) is 0.329. The number of oxazole rings is 1. The highest BCUT2D eigenvalue weighted by Crippen LogP contribution is 2.29. The van der Waals surface area contributed by atoms with Crippen molar-refractivity contribution in [2.75, 3.05) is 12.4 Å². The van der Waals surface area contributed by atoms with Gasteiger partial charge in [-0.05, 0) is 63.1 Å². The van der Waals surface area contributed by atoms with Crippen molar-refractivity contribution < 1.29 is 23.2 Å². The lowest BCUT2D eigenvalue weighted by Crippen LogP contribution is -2.23. The molecule has 0 saturated heterocycles. The van der Waals surface area contributed by atoms with Gasteiger partial charge in [0.1, 0.15) is 28.7 Å². The van der Waals surface area contributed by atoms with Crippen molar-refractivity contribution in [2.45, 2.75) is 40.2 Å². The smallest absolute Gasteiger partial charge is 0.259 e. The van der Waals surface area contributed by atoms with Crippen LogP contribution in [0.15, 0.2) is 63.4 Å². The Kier molecular flexibility index (Phi) is 7.53. The van der Waals surface area contributed by atoms with E-state index in [1.807, 2.05) is 42.5 Å². The fourth-order valence-corrected chi connectivity index (χ4v) is 3.89. The number of aromatic nitrogens is 1. The Hall–Kier alpha value is -4.33. The third-order valence-corrected chi connectivity index (χ3v) is 5.81. The highest BCUT2D eigenvalue weighted by molar-refractivity contribution is 6.06. The molecule has 0 aliphatic heterocycles. The molecule has 0 unspecified atom stereocenters. The van der Waals surface area contributed by atoms with Crippen LogP contribution in [0.1, 0.15) is 45.3 Å². The third kappa shape index (κ3) is 5.83. The van der Waals surface area contributed by atoms with Crippen LogP contribution >= 0.6 is 0 Å². The molecule has 0 bridgehead atoms. The number of carbonyl (C=O) groups is 2. The lowest BCUT2D eigenvalue weighted by molar-refractivity contribution is -0.121. The van der Waals surface area contributed by atoms with Gasteiger partial charge in [-0.3, -0.25) is 9.59 Å². The minimum absolute atomic E-state index is 0.0831. The summed E-state index contributed by atoms with van der Waals surface area (Å²) in [5, 5.41) is 5.83. The maximum Gasteiger partial charge on any atom is 0.259 e. The predicted molar refractivity (Wildman–Crippen MR) is 136 cm³/mol. The summed E-state index contributed by atoms with van der Waals surface area (Å²) >= 11 is 0. The van der Waals surface area contributed by atoms with Crippen LogP contribution < -0.4 is 15.4 Å². The number of rotatable bonds is 9. The van der Waals surface area contributed by atoms with Crippen molar-refractivity contribution in [1.29, 1.82) is 0 Å². The first kappa shape index (κ1) is 24.8. The van der Waals surface area contributed by atoms with Crippen molar-refractivity contribution in [3.05, 3.63) is 88.7 Å². The molecule has 36 heavy (non-hydrogen) atoms. The number of hydrogen-bond donors (Lipinski definition) is 2. The molecule has 0 saturated carbocycles. The highest BCUT2D eigenvalue weighted by atomic mass is 16.5. The van der Waals surface area contributed by atoms with Crippen LogP contribution in [0.3, 0.4) is 0 Å². The van der Waals surface area contributed by atoms with Crippen molar-refractivity contribution >= 4 is 17.5 Å². The van der Waals surface area contributed by atoms with Gasteiger partial charge in [0.25, 0.3) is 5.91 Å². The highest BCUT2D eigenvalue weighted by Gasteiger charge is 2.19. The molecule has 2 aromatic carbocycles. The molecule has 2 amide bonds. The van der Waals surface area contributed by atoms with Crippen LogP contribution in [0.2, 0.25) is 0 Å². The molecule has 0 fully saturated rings. The Bertz CT molecular complexity index is 1390. The summed E-state index contributed by atoms with van der Waals surface area (Å²) < 4.78 is 16.6. The summed E-state index contributed by atoms with van der Waals surface area (Å²) in [6.07, 6.45) is 0.952. The van der Waals surface area contributed by atoms with E-state index in [9.17, 15) is 9.59 Å². The molecule has 2 N–H and O–H groups in total. The van der Waals surface area contributed by atoms with Crippen molar-refractivity contribution in [1.82, 2.24) is 10.3 Å². The Morgan fingerprint density at radius 3 is 2.53 bits per heavy atom. The first-order chi connectivity index (χ1) is 17.3. The normalized spacial score (nSPS) is 10.8. The number of aryl methyl sites for hydroxylation is 4. The molecule has 4 rings (SSSR count). The number of benzene rings is 2. The van der Waals surface area contributed by atoms with E-state index in [4.69, 9.17) is 13.6 Å². The van der Waals surface area contributed by atoms with Gasteiger partial charge in [0.15, 0.2) is 0 Å². The van der Waals surface area contributed by atoms with Crippen molar-refractivity contribution in [3.63, 3.8) is 0 Å². The summed E-state index contributed by atoms with van der Waals surface area (Å²) in [5.74, 6) is 2.60. The van der Waals surface area contributed by atoms with Crippen LogP contribution in [-0.2, 0) is 17.8 Å². The number of ether oxygens (including phenoxy) is 1. The summed E-state index contributed by atoms with van der Waals surface area (Å²) in [7, 11) is 1.62. The Balaban J connectivity index is 1.41. The standard InChI is InChI=1S/C28H29N3O5/c1-17-14-23(18(2)35-17)27(33)30-24-11-6-5-10-22(24)28-31-25(19(3)36-28)16-29-26(32)13-12-20-8-7-9-21(15-20)34-4/h5-11,14-15H,12-13,16H2,1-4H3,(H,29,32)(H,30,33). The van der Waals surface area contributed by atoms with Crippen molar-refractivity contribution in [3.8, 4) is 17.2 Å². The maximum atomic E-state index is 12.8. The molecule has 0 radical (unpaired) electrons. The average Bonchev–Trinajstić information content (AvgIpc) is 3.42.